The minimum Gasteiger partial charge on any atom is -0.237 e. The Balaban J connectivity index is 3.46. The van der Waals surface area contributed by atoms with Crippen LogP contribution in [0.3, 0.4) is 0 Å². The Morgan fingerprint density at radius 1 is 1.50 bits per heavy atom. The van der Waals surface area contributed by atoms with Crippen molar-refractivity contribution in [3.63, 3.8) is 0 Å². The van der Waals surface area contributed by atoms with E-state index >= 15 is 0 Å². The van der Waals surface area contributed by atoms with Crippen LogP contribution in [-0.4, -0.2) is 9.97 Å². The molecule has 2 nitrogen and oxygen atoms in total. The molecule has 1 rings (SSSR count). The molecule has 1 heterocycles. The summed E-state index contributed by atoms with van der Waals surface area (Å²) in [6.07, 6.45) is 0. The zero-order valence-corrected chi connectivity index (χ0v) is 6.99. The minimum absolute atomic E-state index is 0.0119. The van der Waals surface area contributed by atoms with E-state index in [-0.39, 0.29) is 9.63 Å². The summed E-state index contributed by atoms with van der Waals surface area (Å²) >= 11 is 8.55. The first-order valence-electron chi connectivity index (χ1n) is 5.27. The zero-order valence-electron chi connectivity index (χ0n) is 10.7. The monoisotopic (exact) mass is 226 g/mol. The second kappa shape index (κ2) is 2.84. The van der Waals surface area contributed by atoms with Gasteiger partial charge in [-0.1, -0.05) is 11.6 Å². The molecule has 0 aromatic carbocycles. The maximum atomic E-state index is 7.18. The largest absolute Gasteiger partial charge is 0.237 e. The fourth-order valence-corrected chi connectivity index (χ4v) is 0.767. The summed E-state index contributed by atoms with van der Waals surface area (Å²) in [4.78, 5) is 7.02. The van der Waals surface area contributed by atoms with Gasteiger partial charge in [0.25, 0.3) is 0 Å². The SMILES string of the molecule is [2H]C([2H])([2H])c1nc(Cl)c(Br)c(C([2H])([2H])[2H])n1. The topological polar surface area (TPSA) is 25.8 Å². The Bertz CT molecular complexity index is 415. The summed E-state index contributed by atoms with van der Waals surface area (Å²) in [5, 5.41) is -0.229. The Hall–Kier alpha value is -0.150. The third-order valence-electron chi connectivity index (χ3n) is 0.811. The molecule has 0 saturated heterocycles. The standard InChI is InChI=1S/C6H6BrClN2/c1-3-5(7)6(8)10-4(2)9-3/h1-2H3/i1D3,2D3. The van der Waals surface area contributed by atoms with E-state index in [9.17, 15) is 0 Å². The molecule has 0 spiro atoms. The molecule has 0 bridgehead atoms. The van der Waals surface area contributed by atoms with Gasteiger partial charge in [-0.3, -0.25) is 0 Å². The quantitative estimate of drug-likeness (QED) is 0.637. The predicted molar refractivity (Wildman–Crippen MR) is 44.2 cm³/mol. The first-order chi connectivity index (χ1) is 7.03. The van der Waals surface area contributed by atoms with E-state index in [2.05, 4.69) is 25.9 Å². The first kappa shape index (κ1) is 3.07. The molecule has 0 aliphatic heterocycles. The molecule has 1 aromatic rings. The predicted octanol–water partition coefficient (Wildman–Crippen LogP) is 2.51. The van der Waals surface area contributed by atoms with Crippen molar-refractivity contribution in [3.05, 3.63) is 21.1 Å². The number of nitrogens with zero attached hydrogens (tertiary/aromatic N) is 2. The van der Waals surface area contributed by atoms with Crippen molar-refractivity contribution in [2.24, 2.45) is 0 Å². The lowest BCUT2D eigenvalue weighted by Crippen LogP contribution is -1.92. The Morgan fingerprint density at radius 3 is 2.90 bits per heavy atom. The average molecular weight is 228 g/mol. The molecular weight excluding hydrogens is 215 g/mol. The van der Waals surface area contributed by atoms with Crippen LogP contribution in [0.4, 0.5) is 0 Å². The molecule has 0 unspecified atom stereocenters. The molecule has 0 aliphatic rings. The molecule has 0 aliphatic carbocycles. The Kier molecular flexibility index (Phi) is 0.873. The van der Waals surface area contributed by atoms with Crippen LogP contribution in [0.2, 0.25) is 5.15 Å². The molecule has 0 amide bonds. The van der Waals surface area contributed by atoms with Crippen LogP contribution < -0.4 is 0 Å². The van der Waals surface area contributed by atoms with E-state index in [1.54, 1.807) is 0 Å². The van der Waals surface area contributed by atoms with Gasteiger partial charge in [0.15, 0.2) is 0 Å². The molecule has 0 fully saturated rings. The van der Waals surface area contributed by atoms with Crippen LogP contribution in [0.5, 0.6) is 0 Å². The van der Waals surface area contributed by atoms with E-state index in [1.165, 1.54) is 0 Å². The molecule has 0 atom stereocenters. The highest BCUT2D eigenvalue weighted by Gasteiger charge is 2.02. The van der Waals surface area contributed by atoms with Gasteiger partial charge in [0.1, 0.15) is 11.0 Å². The van der Waals surface area contributed by atoms with Crippen molar-refractivity contribution in [3.8, 4) is 0 Å². The van der Waals surface area contributed by atoms with Crippen molar-refractivity contribution < 1.29 is 8.22 Å². The molecule has 0 saturated carbocycles. The first-order valence-corrected chi connectivity index (χ1v) is 3.44. The van der Waals surface area contributed by atoms with E-state index in [4.69, 9.17) is 19.8 Å². The molecule has 10 heavy (non-hydrogen) atoms. The van der Waals surface area contributed by atoms with Gasteiger partial charge in [0, 0.05) is 8.22 Å². The van der Waals surface area contributed by atoms with Crippen LogP contribution in [0, 0.1) is 13.7 Å². The van der Waals surface area contributed by atoms with Crippen molar-refractivity contribution in [2.45, 2.75) is 13.7 Å². The van der Waals surface area contributed by atoms with Crippen LogP contribution in [-0.2, 0) is 0 Å². The zero-order chi connectivity index (χ0) is 12.7. The number of hydrogen-bond donors (Lipinski definition) is 0. The molecular formula is C6H6BrClN2. The second-order valence-corrected chi connectivity index (χ2v) is 2.65. The van der Waals surface area contributed by atoms with Crippen molar-refractivity contribution in [2.75, 3.05) is 0 Å². The average Bonchev–Trinajstić information content (AvgIpc) is 2.05. The lowest BCUT2D eigenvalue weighted by molar-refractivity contribution is 0.999. The number of rotatable bonds is 0. The minimum atomic E-state index is -2.59. The number of aromatic nitrogens is 2. The summed E-state index contributed by atoms with van der Waals surface area (Å²) in [7, 11) is 0. The van der Waals surface area contributed by atoms with E-state index in [1.807, 2.05) is 0 Å². The van der Waals surface area contributed by atoms with E-state index in [0.717, 1.165) is 0 Å². The fraction of sp³-hybridized carbons (Fsp3) is 0.333. The van der Waals surface area contributed by atoms with E-state index < -0.39 is 25.2 Å². The van der Waals surface area contributed by atoms with Crippen LogP contribution in [0.1, 0.15) is 19.7 Å². The maximum absolute atomic E-state index is 7.18. The summed E-state index contributed by atoms with van der Waals surface area (Å²) < 4.78 is 42.8. The summed E-state index contributed by atoms with van der Waals surface area (Å²) in [6, 6.07) is 0. The van der Waals surface area contributed by atoms with Crippen LogP contribution in [0.25, 0.3) is 0 Å². The van der Waals surface area contributed by atoms with Gasteiger partial charge in [-0.15, -0.1) is 0 Å². The molecule has 54 valence electrons. The highest BCUT2D eigenvalue weighted by atomic mass is 79.9. The lowest BCUT2D eigenvalue weighted by Gasteiger charge is -1.99. The Morgan fingerprint density at radius 2 is 2.30 bits per heavy atom. The maximum Gasteiger partial charge on any atom is 0.147 e. The number of hydrogen-bond acceptors (Lipinski definition) is 2. The van der Waals surface area contributed by atoms with Gasteiger partial charge in [0.05, 0.1) is 10.2 Å². The van der Waals surface area contributed by atoms with Gasteiger partial charge in [-0.25, -0.2) is 9.97 Å². The van der Waals surface area contributed by atoms with Crippen LogP contribution >= 0.6 is 27.5 Å². The van der Waals surface area contributed by atoms with Gasteiger partial charge >= 0.3 is 0 Å². The summed E-state index contributed by atoms with van der Waals surface area (Å²) in [5.41, 5.74) is -0.404. The van der Waals surface area contributed by atoms with Crippen molar-refractivity contribution in [1.82, 2.24) is 9.97 Å². The fourth-order valence-electron chi connectivity index (χ4n) is 0.420. The molecule has 0 radical (unpaired) electrons. The van der Waals surface area contributed by atoms with Crippen molar-refractivity contribution >= 4 is 27.5 Å². The number of halogens is 2. The highest BCUT2D eigenvalue weighted by Crippen LogP contribution is 2.21. The van der Waals surface area contributed by atoms with Crippen LogP contribution in [0.15, 0.2) is 4.47 Å². The van der Waals surface area contributed by atoms with Gasteiger partial charge < -0.3 is 0 Å². The summed E-state index contributed by atoms with van der Waals surface area (Å²) in [5.74, 6) is -0.577. The second-order valence-electron chi connectivity index (χ2n) is 1.50. The number of aryl methyl sites for hydroxylation is 2. The summed E-state index contributed by atoms with van der Waals surface area (Å²) in [6.45, 7) is -5.14. The molecule has 1 aromatic heterocycles. The molecule has 0 N–H and O–H groups in total. The smallest absolute Gasteiger partial charge is 0.147 e. The van der Waals surface area contributed by atoms with Crippen molar-refractivity contribution in [1.29, 1.82) is 0 Å². The Labute approximate surface area is 81.2 Å². The lowest BCUT2D eigenvalue weighted by atomic mass is 10.4. The van der Waals surface area contributed by atoms with Gasteiger partial charge in [-0.05, 0) is 29.6 Å². The van der Waals surface area contributed by atoms with Gasteiger partial charge in [-0.2, -0.15) is 0 Å². The molecule has 4 heteroatoms. The third kappa shape index (κ3) is 1.47. The normalized spacial score (nSPS) is 21.4. The highest BCUT2D eigenvalue weighted by molar-refractivity contribution is 9.10. The van der Waals surface area contributed by atoms with Gasteiger partial charge in [0.2, 0.25) is 0 Å². The third-order valence-corrected chi connectivity index (χ3v) is 2.06. The van der Waals surface area contributed by atoms with E-state index in [0.29, 0.717) is 0 Å².